The van der Waals surface area contributed by atoms with Crippen molar-refractivity contribution in [3.05, 3.63) is 82.7 Å². The molecule has 1 aliphatic heterocycles. The van der Waals surface area contributed by atoms with Crippen LogP contribution >= 0.6 is 11.3 Å². The lowest BCUT2D eigenvalue weighted by molar-refractivity contribution is 0.0935. The highest BCUT2D eigenvalue weighted by Crippen LogP contribution is 2.28. The van der Waals surface area contributed by atoms with Crippen LogP contribution in [-0.2, 0) is 6.42 Å². The molecule has 2 atom stereocenters. The molecule has 0 bridgehead atoms. The first-order valence-electron chi connectivity index (χ1n) is 10.3. The van der Waals surface area contributed by atoms with E-state index in [1.807, 2.05) is 40.6 Å². The van der Waals surface area contributed by atoms with Gasteiger partial charge < -0.3 is 4.90 Å². The zero-order chi connectivity index (χ0) is 20.1. The number of carbonyl (C=O) groups is 1. The molecule has 1 saturated heterocycles. The van der Waals surface area contributed by atoms with Crippen molar-refractivity contribution in [1.82, 2.24) is 9.88 Å². The van der Waals surface area contributed by atoms with Crippen molar-refractivity contribution in [2.75, 3.05) is 24.5 Å². The minimum absolute atomic E-state index is 0.0632. The Labute approximate surface area is 176 Å². The van der Waals surface area contributed by atoms with Crippen molar-refractivity contribution in [3.8, 4) is 0 Å². The summed E-state index contributed by atoms with van der Waals surface area (Å²) in [6, 6.07) is 20.4. The number of anilines is 1. The van der Waals surface area contributed by atoms with Gasteiger partial charge in [0.1, 0.15) is 5.82 Å². The summed E-state index contributed by atoms with van der Waals surface area (Å²) < 4.78 is 0. The fourth-order valence-electron chi connectivity index (χ4n) is 4.18. The van der Waals surface area contributed by atoms with Crippen molar-refractivity contribution in [2.24, 2.45) is 5.92 Å². The van der Waals surface area contributed by atoms with Crippen molar-refractivity contribution < 1.29 is 4.79 Å². The van der Waals surface area contributed by atoms with Gasteiger partial charge in [-0.1, -0.05) is 49.4 Å². The van der Waals surface area contributed by atoms with E-state index < -0.39 is 0 Å². The molecule has 5 heteroatoms. The molecule has 3 aromatic rings. The number of benzene rings is 1. The Morgan fingerprint density at radius 3 is 2.66 bits per heavy atom. The van der Waals surface area contributed by atoms with Crippen LogP contribution in [0, 0.1) is 5.92 Å². The van der Waals surface area contributed by atoms with E-state index in [9.17, 15) is 4.79 Å². The van der Waals surface area contributed by atoms with E-state index in [4.69, 9.17) is 0 Å². The Kier molecular flexibility index (Phi) is 6.37. The summed E-state index contributed by atoms with van der Waals surface area (Å²) in [6.07, 6.45) is 3.80. The lowest BCUT2D eigenvalue weighted by Crippen LogP contribution is -2.52. The quantitative estimate of drug-likeness (QED) is 0.594. The molecule has 0 unspecified atom stereocenters. The Hall–Kier alpha value is -2.50. The Morgan fingerprint density at radius 2 is 1.97 bits per heavy atom. The summed E-state index contributed by atoms with van der Waals surface area (Å²) in [5.74, 6) is 1.19. The van der Waals surface area contributed by atoms with E-state index in [1.165, 1.54) is 16.9 Å². The van der Waals surface area contributed by atoms with Crippen LogP contribution in [0.4, 0.5) is 5.82 Å². The number of hydrogen-bond donors (Lipinski definition) is 0. The van der Waals surface area contributed by atoms with Gasteiger partial charge in [0.2, 0.25) is 0 Å². The molecule has 3 heterocycles. The van der Waals surface area contributed by atoms with E-state index in [0.29, 0.717) is 5.92 Å². The molecular formula is C24H27N3OS. The molecule has 0 spiro atoms. The van der Waals surface area contributed by atoms with Crippen LogP contribution in [0.25, 0.3) is 0 Å². The molecule has 2 aromatic heterocycles. The average molecular weight is 406 g/mol. The zero-order valence-corrected chi connectivity index (χ0v) is 17.6. The van der Waals surface area contributed by atoms with Crippen LogP contribution in [0.15, 0.2) is 72.2 Å². The third-order valence-electron chi connectivity index (χ3n) is 5.68. The van der Waals surface area contributed by atoms with E-state index in [0.717, 1.165) is 43.2 Å². The van der Waals surface area contributed by atoms with Crippen LogP contribution in [0.1, 0.15) is 28.6 Å². The number of carbonyl (C=O) groups excluding carboxylic acids is 1. The monoisotopic (exact) mass is 405 g/mol. The molecule has 4 rings (SSSR count). The number of aromatic nitrogens is 1. The summed E-state index contributed by atoms with van der Waals surface area (Å²) in [4.78, 5) is 23.1. The van der Waals surface area contributed by atoms with Gasteiger partial charge in [-0.2, -0.15) is 0 Å². The maximum absolute atomic E-state index is 13.3. The predicted octanol–water partition coefficient (Wildman–Crippen LogP) is 4.74. The van der Waals surface area contributed by atoms with E-state index in [1.54, 1.807) is 6.20 Å². The third-order valence-corrected chi connectivity index (χ3v) is 6.54. The average Bonchev–Trinajstić information content (AvgIpc) is 3.30. The standard InChI is InChI=1S/C24H27N3OS/c1-19-18-26(15-12-20-8-3-2-4-9-20)16-13-21(19)27(23-11-5-6-14-25-23)24(28)22-10-7-17-29-22/h2-11,14,17,19,21H,12-13,15-16,18H2,1H3/t19-,21-/m0/s1. The lowest BCUT2D eigenvalue weighted by Gasteiger charge is -2.42. The summed E-state index contributed by atoms with van der Waals surface area (Å²) >= 11 is 1.50. The number of hydrogen-bond acceptors (Lipinski definition) is 4. The van der Waals surface area contributed by atoms with Crippen LogP contribution in [0.3, 0.4) is 0 Å². The number of amides is 1. The van der Waals surface area contributed by atoms with Gasteiger partial charge in [0.25, 0.3) is 5.91 Å². The number of pyridine rings is 1. The van der Waals surface area contributed by atoms with Crippen molar-refractivity contribution in [2.45, 2.75) is 25.8 Å². The van der Waals surface area contributed by atoms with Crippen LogP contribution in [-0.4, -0.2) is 41.5 Å². The minimum Gasteiger partial charge on any atom is -0.303 e. The van der Waals surface area contributed by atoms with Gasteiger partial charge in [0.05, 0.1) is 4.88 Å². The van der Waals surface area contributed by atoms with Gasteiger partial charge in [0.15, 0.2) is 0 Å². The predicted molar refractivity (Wildman–Crippen MR) is 120 cm³/mol. The van der Waals surface area contributed by atoms with Gasteiger partial charge in [-0.05, 0) is 47.9 Å². The van der Waals surface area contributed by atoms with Crippen LogP contribution in [0.5, 0.6) is 0 Å². The molecule has 0 saturated carbocycles. The molecule has 0 aliphatic carbocycles. The highest BCUT2D eigenvalue weighted by molar-refractivity contribution is 7.12. The minimum atomic E-state index is 0.0632. The van der Waals surface area contributed by atoms with Gasteiger partial charge in [-0.3, -0.25) is 9.69 Å². The molecule has 1 amide bonds. The second kappa shape index (κ2) is 9.33. The number of rotatable bonds is 6. The Morgan fingerprint density at radius 1 is 1.14 bits per heavy atom. The van der Waals surface area contributed by atoms with Crippen molar-refractivity contribution in [1.29, 1.82) is 0 Å². The van der Waals surface area contributed by atoms with Crippen molar-refractivity contribution >= 4 is 23.1 Å². The molecule has 1 fully saturated rings. The second-order valence-corrected chi connectivity index (χ2v) is 8.66. The first kappa shape index (κ1) is 19.8. The molecule has 150 valence electrons. The number of likely N-dealkylation sites (tertiary alicyclic amines) is 1. The normalized spacial score (nSPS) is 19.8. The second-order valence-electron chi connectivity index (χ2n) is 7.71. The summed E-state index contributed by atoms with van der Waals surface area (Å²) in [6.45, 7) is 5.32. The largest absolute Gasteiger partial charge is 0.303 e. The van der Waals surface area contributed by atoms with E-state index >= 15 is 0 Å². The fourth-order valence-corrected chi connectivity index (χ4v) is 4.84. The first-order valence-corrected chi connectivity index (χ1v) is 11.1. The smallest absolute Gasteiger partial charge is 0.269 e. The van der Waals surface area contributed by atoms with Crippen molar-refractivity contribution in [3.63, 3.8) is 0 Å². The molecule has 0 radical (unpaired) electrons. The Bertz CT molecular complexity index is 898. The fraction of sp³-hybridized carbons (Fsp3) is 0.333. The molecule has 0 N–H and O–H groups in total. The highest BCUT2D eigenvalue weighted by Gasteiger charge is 2.35. The molecular weight excluding hydrogens is 378 g/mol. The van der Waals surface area contributed by atoms with Crippen LogP contribution < -0.4 is 4.90 Å². The topological polar surface area (TPSA) is 36.4 Å². The van der Waals surface area contributed by atoms with Gasteiger partial charge in [-0.25, -0.2) is 4.98 Å². The maximum atomic E-state index is 13.3. The number of nitrogens with zero attached hydrogens (tertiary/aromatic N) is 3. The SMILES string of the molecule is C[C@H]1CN(CCc2ccccc2)CC[C@@H]1N(C(=O)c1cccs1)c1ccccn1. The third kappa shape index (κ3) is 4.74. The molecule has 1 aromatic carbocycles. The van der Waals surface area contributed by atoms with Gasteiger partial charge in [-0.15, -0.1) is 11.3 Å². The van der Waals surface area contributed by atoms with Crippen LogP contribution in [0.2, 0.25) is 0 Å². The summed E-state index contributed by atoms with van der Waals surface area (Å²) in [5, 5.41) is 1.96. The molecule has 29 heavy (non-hydrogen) atoms. The number of piperidine rings is 1. The Balaban J connectivity index is 1.47. The van der Waals surface area contributed by atoms with Gasteiger partial charge in [0, 0.05) is 31.9 Å². The number of thiophene rings is 1. The maximum Gasteiger partial charge on any atom is 0.269 e. The first-order chi connectivity index (χ1) is 14.2. The van der Waals surface area contributed by atoms with Gasteiger partial charge >= 0.3 is 0 Å². The molecule has 4 nitrogen and oxygen atoms in total. The summed E-state index contributed by atoms with van der Waals surface area (Å²) in [5.41, 5.74) is 1.38. The summed E-state index contributed by atoms with van der Waals surface area (Å²) in [7, 11) is 0. The highest BCUT2D eigenvalue weighted by atomic mass is 32.1. The zero-order valence-electron chi connectivity index (χ0n) is 16.8. The van der Waals surface area contributed by atoms with E-state index in [2.05, 4.69) is 47.1 Å². The van der Waals surface area contributed by atoms with E-state index in [-0.39, 0.29) is 11.9 Å². The molecule has 1 aliphatic rings. The lowest BCUT2D eigenvalue weighted by atomic mass is 9.91.